The topological polar surface area (TPSA) is 46.2 Å². The number of halogens is 2. The van der Waals surface area contributed by atoms with E-state index in [-0.39, 0.29) is 6.54 Å². The molecule has 2 unspecified atom stereocenters. The van der Waals surface area contributed by atoms with E-state index in [1.165, 1.54) is 18.2 Å². The summed E-state index contributed by atoms with van der Waals surface area (Å²) in [5.74, 6) is -1.46. The van der Waals surface area contributed by atoms with E-state index in [2.05, 4.69) is 0 Å². The average molecular weight is 277 g/mol. The van der Waals surface area contributed by atoms with Crippen molar-refractivity contribution < 1.29 is 13.9 Å². The van der Waals surface area contributed by atoms with Gasteiger partial charge >= 0.3 is 0 Å². The van der Waals surface area contributed by atoms with E-state index >= 15 is 0 Å². The van der Waals surface area contributed by atoms with Crippen molar-refractivity contribution in [2.45, 2.75) is 18.9 Å². The van der Waals surface area contributed by atoms with Crippen molar-refractivity contribution in [3.63, 3.8) is 0 Å². The van der Waals surface area contributed by atoms with Gasteiger partial charge in [0, 0.05) is 12.5 Å². The maximum absolute atomic E-state index is 13.8. The summed E-state index contributed by atoms with van der Waals surface area (Å²) in [5, 5.41) is 10.4. The number of hydrogen-bond acceptors (Lipinski definition) is 2. The number of hydrogen-bond donors (Lipinski definition) is 2. The van der Waals surface area contributed by atoms with E-state index in [4.69, 9.17) is 5.73 Å². The number of nitrogens with two attached hydrogens (primary N) is 1. The maximum Gasteiger partial charge on any atom is 0.126 e. The third-order valence-corrected chi connectivity index (χ3v) is 3.35. The molecule has 0 aliphatic heterocycles. The van der Waals surface area contributed by atoms with Gasteiger partial charge in [0.05, 0.1) is 6.10 Å². The highest BCUT2D eigenvalue weighted by molar-refractivity contribution is 5.31. The Morgan fingerprint density at radius 3 is 2.45 bits per heavy atom. The summed E-state index contributed by atoms with van der Waals surface area (Å²) in [6.45, 7) is 1.80. The maximum atomic E-state index is 13.8. The van der Waals surface area contributed by atoms with Crippen molar-refractivity contribution in [1.82, 2.24) is 0 Å². The minimum atomic E-state index is -1.05. The Morgan fingerprint density at radius 1 is 1.15 bits per heavy atom. The first-order valence-electron chi connectivity index (χ1n) is 6.42. The molecule has 0 fully saturated rings. The normalized spacial score (nSPS) is 14.1. The standard InChI is InChI=1S/C16H17F2NO/c1-10-6-11(8-12(17)7-10)16(20)14(9-19)13-4-2-3-5-15(13)18/h2-8,14,16,20H,9,19H2,1H3. The Kier molecular flexibility index (Phi) is 4.47. The molecule has 0 saturated carbocycles. The highest BCUT2D eigenvalue weighted by Gasteiger charge is 2.24. The Balaban J connectivity index is 2.39. The van der Waals surface area contributed by atoms with Gasteiger partial charge in [0.25, 0.3) is 0 Å². The minimum absolute atomic E-state index is 0.0671. The Bertz CT molecular complexity index is 581. The molecule has 2 aromatic rings. The molecule has 0 spiro atoms. The summed E-state index contributed by atoms with van der Waals surface area (Å²) < 4.78 is 27.2. The second-order valence-corrected chi connectivity index (χ2v) is 4.87. The number of rotatable bonds is 4. The Hall–Kier alpha value is -1.78. The second kappa shape index (κ2) is 6.11. The zero-order valence-electron chi connectivity index (χ0n) is 11.2. The zero-order chi connectivity index (χ0) is 14.7. The van der Waals surface area contributed by atoms with E-state index in [1.807, 2.05) is 0 Å². The quantitative estimate of drug-likeness (QED) is 0.902. The van der Waals surface area contributed by atoms with E-state index in [9.17, 15) is 13.9 Å². The van der Waals surface area contributed by atoms with Crippen molar-refractivity contribution in [1.29, 1.82) is 0 Å². The predicted octanol–water partition coefficient (Wildman–Crippen LogP) is 3.05. The molecule has 0 heterocycles. The van der Waals surface area contributed by atoms with E-state index in [1.54, 1.807) is 31.2 Å². The van der Waals surface area contributed by atoms with Gasteiger partial charge in [-0.1, -0.05) is 24.3 Å². The highest BCUT2D eigenvalue weighted by atomic mass is 19.1. The van der Waals surface area contributed by atoms with Crippen LogP contribution in [0, 0.1) is 18.6 Å². The molecule has 2 nitrogen and oxygen atoms in total. The lowest BCUT2D eigenvalue weighted by atomic mass is 9.88. The minimum Gasteiger partial charge on any atom is -0.388 e. The SMILES string of the molecule is Cc1cc(F)cc(C(O)C(CN)c2ccccc2F)c1. The molecule has 20 heavy (non-hydrogen) atoms. The second-order valence-electron chi connectivity index (χ2n) is 4.87. The highest BCUT2D eigenvalue weighted by Crippen LogP contribution is 2.32. The number of aliphatic hydroxyl groups excluding tert-OH is 1. The first-order chi connectivity index (χ1) is 9.52. The summed E-state index contributed by atoms with van der Waals surface area (Å²) in [5.41, 5.74) is 7.11. The molecule has 0 aliphatic rings. The fraction of sp³-hybridized carbons (Fsp3) is 0.250. The first-order valence-corrected chi connectivity index (χ1v) is 6.42. The van der Waals surface area contributed by atoms with Gasteiger partial charge < -0.3 is 10.8 Å². The lowest BCUT2D eigenvalue weighted by Gasteiger charge is -2.23. The van der Waals surface area contributed by atoms with Crippen LogP contribution in [-0.2, 0) is 0 Å². The van der Waals surface area contributed by atoms with Crippen LogP contribution < -0.4 is 5.73 Å². The third kappa shape index (κ3) is 3.03. The van der Waals surface area contributed by atoms with Crippen LogP contribution in [0.5, 0.6) is 0 Å². The average Bonchev–Trinajstić information content (AvgIpc) is 2.40. The molecule has 0 aliphatic carbocycles. The molecular formula is C16H17F2NO. The van der Waals surface area contributed by atoms with E-state index in [0.29, 0.717) is 16.7 Å². The van der Waals surface area contributed by atoms with Crippen LogP contribution in [0.2, 0.25) is 0 Å². The molecule has 2 rings (SSSR count). The molecule has 0 amide bonds. The lowest BCUT2D eigenvalue weighted by Crippen LogP contribution is -2.21. The fourth-order valence-electron chi connectivity index (χ4n) is 2.37. The molecule has 2 atom stereocenters. The molecule has 0 radical (unpaired) electrons. The van der Waals surface area contributed by atoms with Crippen LogP contribution in [0.25, 0.3) is 0 Å². The van der Waals surface area contributed by atoms with Crippen molar-refractivity contribution in [2.24, 2.45) is 5.73 Å². The van der Waals surface area contributed by atoms with Gasteiger partial charge in [-0.15, -0.1) is 0 Å². The van der Waals surface area contributed by atoms with Crippen LogP contribution >= 0.6 is 0 Å². The fourth-order valence-corrected chi connectivity index (χ4v) is 2.37. The molecule has 4 heteroatoms. The van der Waals surface area contributed by atoms with Crippen LogP contribution in [0.4, 0.5) is 8.78 Å². The van der Waals surface area contributed by atoms with Crippen molar-refractivity contribution in [3.05, 3.63) is 70.8 Å². The van der Waals surface area contributed by atoms with Crippen molar-refractivity contribution >= 4 is 0 Å². The Morgan fingerprint density at radius 2 is 1.85 bits per heavy atom. The van der Waals surface area contributed by atoms with Crippen LogP contribution in [0.15, 0.2) is 42.5 Å². The van der Waals surface area contributed by atoms with Gasteiger partial charge in [0.1, 0.15) is 11.6 Å². The summed E-state index contributed by atoms with van der Waals surface area (Å²) in [4.78, 5) is 0. The largest absolute Gasteiger partial charge is 0.388 e. The summed E-state index contributed by atoms with van der Waals surface area (Å²) in [6, 6.07) is 10.5. The zero-order valence-corrected chi connectivity index (χ0v) is 11.2. The summed E-state index contributed by atoms with van der Waals surface area (Å²) in [6.07, 6.45) is -1.05. The van der Waals surface area contributed by atoms with Gasteiger partial charge in [-0.05, 0) is 41.8 Å². The number of aliphatic hydroxyl groups is 1. The van der Waals surface area contributed by atoms with Crippen molar-refractivity contribution in [3.8, 4) is 0 Å². The lowest BCUT2D eigenvalue weighted by molar-refractivity contribution is 0.145. The van der Waals surface area contributed by atoms with E-state index < -0.39 is 23.7 Å². The van der Waals surface area contributed by atoms with Crippen LogP contribution in [0.1, 0.15) is 28.7 Å². The third-order valence-electron chi connectivity index (χ3n) is 3.35. The van der Waals surface area contributed by atoms with Gasteiger partial charge in [0.2, 0.25) is 0 Å². The van der Waals surface area contributed by atoms with Crippen LogP contribution in [-0.4, -0.2) is 11.7 Å². The molecular weight excluding hydrogens is 260 g/mol. The predicted molar refractivity (Wildman–Crippen MR) is 74.3 cm³/mol. The van der Waals surface area contributed by atoms with Gasteiger partial charge in [-0.25, -0.2) is 8.78 Å². The van der Waals surface area contributed by atoms with Crippen LogP contribution in [0.3, 0.4) is 0 Å². The molecule has 3 N–H and O–H groups in total. The van der Waals surface area contributed by atoms with E-state index in [0.717, 1.165) is 0 Å². The van der Waals surface area contributed by atoms with Crippen molar-refractivity contribution in [2.75, 3.05) is 6.54 Å². The molecule has 0 aromatic heterocycles. The monoisotopic (exact) mass is 277 g/mol. The molecule has 2 aromatic carbocycles. The molecule has 0 bridgehead atoms. The number of aryl methyl sites for hydroxylation is 1. The molecule has 106 valence electrons. The number of benzene rings is 2. The smallest absolute Gasteiger partial charge is 0.126 e. The first kappa shape index (κ1) is 14.6. The van der Waals surface area contributed by atoms with Gasteiger partial charge in [-0.2, -0.15) is 0 Å². The Labute approximate surface area is 116 Å². The van der Waals surface area contributed by atoms with Gasteiger partial charge in [-0.3, -0.25) is 0 Å². The summed E-state index contributed by atoms with van der Waals surface area (Å²) in [7, 11) is 0. The van der Waals surface area contributed by atoms with Gasteiger partial charge in [0.15, 0.2) is 0 Å². The summed E-state index contributed by atoms with van der Waals surface area (Å²) >= 11 is 0. The molecule has 0 saturated heterocycles.